The van der Waals surface area contributed by atoms with Crippen LogP contribution in [-0.4, -0.2) is 28.1 Å². The third-order valence-electron chi connectivity index (χ3n) is 3.91. The van der Waals surface area contributed by atoms with Gasteiger partial charge in [0.1, 0.15) is 9.86 Å². The fourth-order valence-corrected chi connectivity index (χ4v) is 4.74. The van der Waals surface area contributed by atoms with E-state index >= 15 is 0 Å². The number of thiophene rings is 1. The molecule has 2 aromatic rings. The molecule has 3 nitrogen and oxygen atoms in total. The summed E-state index contributed by atoms with van der Waals surface area (Å²) in [6.07, 6.45) is 6.11. The van der Waals surface area contributed by atoms with Gasteiger partial charge in [-0.3, -0.25) is 0 Å². The summed E-state index contributed by atoms with van der Waals surface area (Å²) in [7, 11) is 0. The van der Waals surface area contributed by atoms with Gasteiger partial charge in [-0.15, -0.1) is 23.1 Å². The largest absolute Gasteiger partial charge is 0.369 e. The number of thioether (sulfide) groups is 2. The van der Waals surface area contributed by atoms with Crippen LogP contribution in [0.4, 0.5) is 0 Å². The zero-order chi connectivity index (χ0) is 14.3. The molecule has 0 spiro atoms. The quantitative estimate of drug-likeness (QED) is 0.475. The summed E-state index contributed by atoms with van der Waals surface area (Å²) >= 11 is 5.08. The second kappa shape index (κ2) is 5.48. The average Bonchev–Trinajstić information content (AvgIpc) is 2.83. The molecule has 1 aliphatic rings. The smallest absolute Gasteiger partial charge is 0.189 e. The highest BCUT2D eigenvalue weighted by Crippen LogP contribution is 2.42. The van der Waals surface area contributed by atoms with Crippen molar-refractivity contribution in [3.8, 4) is 0 Å². The summed E-state index contributed by atoms with van der Waals surface area (Å²) in [6, 6.07) is 0. The van der Waals surface area contributed by atoms with E-state index < -0.39 is 0 Å². The zero-order valence-corrected chi connectivity index (χ0v) is 14.6. The lowest BCUT2D eigenvalue weighted by Crippen LogP contribution is -2.33. The molecule has 20 heavy (non-hydrogen) atoms. The fraction of sp³-hybridized carbons (Fsp3) is 0.571. The Morgan fingerprint density at radius 3 is 2.75 bits per heavy atom. The molecule has 0 saturated heterocycles. The van der Waals surface area contributed by atoms with E-state index in [4.69, 9.17) is 4.74 Å². The lowest BCUT2D eigenvalue weighted by atomic mass is 9.90. The molecular formula is C14H18N2OS3. The van der Waals surface area contributed by atoms with Gasteiger partial charge in [0.2, 0.25) is 0 Å². The Morgan fingerprint density at radius 1 is 1.30 bits per heavy atom. The molecule has 0 N–H and O–H groups in total. The van der Waals surface area contributed by atoms with Gasteiger partial charge in [-0.05, 0) is 31.4 Å². The second-order valence-corrected chi connectivity index (χ2v) is 7.82. The lowest BCUT2D eigenvalue weighted by molar-refractivity contribution is -0.0543. The van der Waals surface area contributed by atoms with Gasteiger partial charge in [-0.1, -0.05) is 18.7 Å². The molecule has 0 bridgehead atoms. The first kappa shape index (κ1) is 14.6. The van der Waals surface area contributed by atoms with Crippen LogP contribution in [-0.2, 0) is 17.8 Å². The number of rotatable bonds is 3. The zero-order valence-electron chi connectivity index (χ0n) is 12.1. The SMILES string of the molecule is CC[C@]1(C)Cc2c(sc3nc(SC)nc(SC)c23)CO1. The van der Waals surface area contributed by atoms with Crippen LogP contribution in [0.3, 0.4) is 0 Å². The summed E-state index contributed by atoms with van der Waals surface area (Å²) < 4.78 is 6.05. The van der Waals surface area contributed by atoms with Crippen molar-refractivity contribution >= 4 is 45.1 Å². The van der Waals surface area contributed by atoms with E-state index in [9.17, 15) is 0 Å². The number of hydrogen-bond acceptors (Lipinski definition) is 6. The third kappa shape index (κ3) is 2.36. The molecule has 0 fully saturated rings. The first-order chi connectivity index (χ1) is 9.60. The molecular weight excluding hydrogens is 308 g/mol. The molecule has 0 unspecified atom stereocenters. The predicted octanol–water partition coefficient (Wildman–Crippen LogP) is 4.38. The standard InChI is InChI=1S/C14H18N2OS3/c1-5-14(2)6-8-9(7-17-14)20-12-10(8)11(18-3)15-13(16-12)19-4/h5-7H2,1-4H3/t14-/m1/s1. The van der Waals surface area contributed by atoms with Crippen LogP contribution in [0.1, 0.15) is 30.7 Å². The lowest BCUT2D eigenvalue weighted by Gasteiger charge is -2.33. The molecule has 0 saturated carbocycles. The number of hydrogen-bond donors (Lipinski definition) is 0. The van der Waals surface area contributed by atoms with E-state index in [1.165, 1.54) is 15.8 Å². The molecule has 0 radical (unpaired) electrons. The van der Waals surface area contributed by atoms with E-state index in [1.54, 1.807) is 34.9 Å². The molecule has 0 amide bonds. The molecule has 3 heterocycles. The molecule has 1 aliphatic heterocycles. The van der Waals surface area contributed by atoms with Crippen molar-refractivity contribution in [1.29, 1.82) is 0 Å². The van der Waals surface area contributed by atoms with Gasteiger partial charge in [-0.25, -0.2) is 9.97 Å². The normalized spacial score (nSPS) is 22.2. The van der Waals surface area contributed by atoms with Crippen LogP contribution in [0.25, 0.3) is 10.2 Å². The number of fused-ring (bicyclic) bond motifs is 3. The van der Waals surface area contributed by atoms with Crippen LogP contribution in [0.2, 0.25) is 0 Å². The van der Waals surface area contributed by atoms with Crippen molar-refractivity contribution in [2.45, 2.75) is 49.1 Å². The highest BCUT2D eigenvalue weighted by molar-refractivity contribution is 7.99. The van der Waals surface area contributed by atoms with Gasteiger partial charge in [0.25, 0.3) is 0 Å². The van der Waals surface area contributed by atoms with Gasteiger partial charge in [0.05, 0.1) is 12.2 Å². The maximum Gasteiger partial charge on any atom is 0.189 e. The van der Waals surface area contributed by atoms with Gasteiger partial charge in [-0.2, -0.15) is 0 Å². The molecule has 6 heteroatoms. The minimum atomic E-state index is -0.0468. The molecule has 0 aromatic carbocycles. The summed E-state index contributed by atoms with van der Waals surface area (Å²) in [5.74, 6) is 0. The first-order valence-electron chi connectivity index (χ1n) is 6.64. The highest BCUT2D eigenvalue weighted by atomic mass is 32.2. The van der Waals surface area contributed by atoms with Crippen molar-refractivity contribution < 1.29 is 4.74 Å². The Morgan fingerprint density at radius 2 is 2.10 bits per heavy atom. The predicted molar refractivity (Wildman–Crippen MR) is 88.2 cm³/mol. The van der Waals surface area contributed by atoms with Crippen LogP contribution >= 0.6 is 34.9 Å². The maximum atomic E-state index is 6.05. The highest BCUT2D eigenvalue weighted by Gasteiger charge is 2.33. The number of nitrogens with zero attached hydrogens (tertiary/aromatic N) is 2. The van der Waals surface area contributed by atoms with Crippen molar-refractivity contribution in [2.24, 2.45) is 0 Å². The molecule has 2 aromatic heterocycles. The minimum Gasteiger partial charge on any atom is -0.369 e. The summed E-state index contributed by atoms with van der Waals surface area (Å²) in [5.41, 5.74) is 1.37. The van der Waals surface area contributed by atoms with Crippen molar-refractivity contribution in [2.75, 3.05) is 12.5 Å². The summed E-state index contributed by atoms with van der Waals surface area (Å²) in [6.45, 7) is 5.11. The fourth-order valence-electron chi connectivity index (χ4n) is 2.49. The van der Waals surface area contributed by atoms with Crippen molar-refractivity contribution in [3.63, 3.8) is 0 Å². The van der Waals surface area contributed by atoms with Crippen LogP contribution < -0.4 is 0 Å². The van der Waals surface area contributed by atoms with Gasteiger partial charge < -0.3 is 4.74 Å². The van der Waals surface area contributed by atoms with Gasteiger partial charge in [0.15, 0.2) is 5.16 Å². The van der Waals surface area contributed by atoms with E-state index in [2.05, 4.69) is 30.1 Å². The molecule has 1 atom stereocenters. The Labute approximate surface area is 131 Å². The Bertz CT molecular complexity index is 655. The average molecular weight is 327 g/mol. The summed E-state index contributed by atoms with van der Waals surface area (Å²) in [4.78, 5) is 11.8. The Hall–Kier alpha value is -0.300. The Kier molecular flexibility index (Phi) is 4.01. The molecule has 108 valence electrons. The van der Waals surface area contributed by atoms with Crippen molar-refractivity contribution in [1.82, 2.24) is 9.97 Å². The van der Waals surface area contributed by atoms with E-state index in [1.807, 2.05) is 6.26 Å². The van der Waals surface area contributed by atoms with Crippen LogP contribution in [0.5, 0.6) is 0 Å². The van der Waals surface area contributed by atoms with Crippen LogP contribution in [0, 0.1) is 0 Å². The van der Waals surface area contributed by atoms with E-state index in [0.717, 1.165) is 27.9 Å². The molecule has 3 rings (SSSR count). The van der Waals surface area contributed by atoms with E-state index in [-0.39, 0.29) is 5.60 Å². The van der Waals surface area contributed by atoms with E-state index in [0.29, 0.717) is 6.61 Å². The second-order valence-electron chi connectivity index (χ2n) is 5.17. The summed E-state index contributed by atoms with van der Waals surface area (Å²) in [5, 5.41) is 3.23. The Balaban J connectivity index is 2.20. The van der Waals surface area contributed by atoms with Gasteiger partial charge >= 0.3 is 0 Å². The molecule has 0 aliphatic carbocycles. The number of ether oxygens (including phenoxy) is 1. The monoisotopic (exact) mass is 326 g/mol. The maximum absolute atomic E-state index is 6.05. The van der Waals surface area contributed by atoms with Crippen molar-refractivity contribution in [3.05, 3.63) is 10.4 Å². The first-order valence-corrected chi connectivity index (χ1v) is 9.91. The topological polar surface area (TPSA) is 35.0 Å². The third-order valence-corrected chi connectivity index (χ3v) is 6.24. The van der Waals surface area contributed by atoms with Crippen LogP contribution in [0.15, 0.2) is 10.2 Å². The van der Waals surface area contributed by atoms with Gasteiger partial charge in [0, 0.05) is 16.7 Å². The minimum absolute atomic E-state index is 0.0468. The number of aromatic nitrogens is 2.